The van der Waals surface area contributed by atoms with Crippen LogP contribution in [0.4, 0.5) is 0 Å². The molecule has 1 aliphatic rings. The van der Waals surface area contributed by atoms with Crippen molar-refractivity contribution in [2.45, 2.75) is 40.0 Å². The van der Waals surface area contributed by atoms with E-state index < -0.39 is 11.4 Å². The van der Waals surface area contributed by atoms with Crippen LogP contribution in [0.1, 0.15) is 40.0 Å². The molecule has 1 rings (SSSR count). The smallest absolute Gasteiger partial charge is 0.311 e. The Labute approximate surface area is 110 Å². The molecule has 1 saturated heterocycles. The number of hydrogen-bond acceptors (Lipinski definition) is 3. The second kappa shape index (κ2) is 7.10. The van der Waals surface area contributed by atoms with Gasteiger partial charge in [0.05, 0.1) is 5.41 Å². The molecular formula is C14H27NO3. The van der Waals surface area contributed by atoms with Gasteiger partial charge in [0, 0.05) is 26.3 Å². The van der Waals surface area contributed by atoms with Crippen LogP contribution in [0, 0.1) is 11.3 Å². The van der Waals surface area contributed by atoms with E-state index in [-0.39, 0.29) is 0 Å². The maximum absolute atomic E-state index is 11.6. The SMILES string of the molecule is CCC(C)CN(CC)CC1(C(=O)O)CCOCC1. The molecule has 0 saturated carbocycles. The van der Waals surface area contributed by atoms with E-state index in [1.54, 1.807) is 0 Å². The molecule has 4 heteroatoms. The van der Waals surface area contributed by atoms with Crippen molar-refractivity contribution in [2.24, 2.45) is 11.3 Å². The second-order valence-corrected chi connectivity index (χ2v) is 5.54. The van der Waals surface area contributed by atoms with Gasteiger partial charge in [0.15, 0.2) is 0 Å². The number of rotatable bonds is 7. The van der Waals surface area contributed by atoms with Crippen molar-refractivity contribution in [1.29, 1.82) is 0 Å². The van der Waals surface area contributed by atoms with Crippen LogP contribution >= 0.6 is 0 Å². The minimum absolute atomic E-state index is 0.577. The molecule has 106 valence electrons. The average Bonchev–Trinajstić information content (AvgIpc) is 2.38. The molecule has 1 unspecified atom stereocenters. The van der Waals surface area contributed by atoms with Gasteiger partial charge in [0.2, 0.25) is 0 Å². The van der Waals surface area contributed by atoms with Gasteiger partial charge < -0.3 is 14.7 Å². The van der Waals surface area contributed by atoms with E-state index in [0.29, 0.717) is 38.5 Å². The molecule has 0 aromatic heterocycles. The van der Waals surface area contributed by atoms with Gasteiger partial charge in [0.25, 0.3) is 0 Å². The van der Waals surface area contributed by atoms with E-state index in [4.69, 9.17) is 4.74 Å². The van der Waals surface area contributed by atoms with Gasteiger partial charge in [-0.15, -0.1) is 0 Å². The van der Waals surface area contributed by atoms with Crippen LogP contribution in [-0.4, -0.2) is 48.8 Å². The van der Waals surface area contributed by atoms with Crippen molar-refractivity contribution in [3.05, 3.63) is 0 Å². The third-order valence-corrected chi connectivity index (χ3v) is 4.14. The lowest BCUT2D eigenvalue weighted by molar-refractivity contribution is -0.156. The van der Waals surface area contributed by atoms with Crippen molar-refractivity contribution in [3.63, 3.8) is 0 Å². The molecule has 0 bridgehead atoms. The molecule has 0 aromatic carbocycles. The zero-order valence-electron chi connectivity index (χ0n) is 11.9. The van der Waals surface area contributed by atoms with E-state index in [9.17, 15) is 9.90 Å². The predicted molar refractivity (Wildman–Crippen MR) is 71.7 cm³/mol. The van der Waals surface area contributed by atoms with Gasteiger partial charge in [0.1, 0.15) is 0 Å². The monoisotopic (exact) mass is 257 g/mol. The largest absolute Gasteiger partial charge is 0.481 e. The summed E-state index contributed by atoms with van der Waals surface area (Å²) in [6, 6.07) is 0. The van der Waals surface area contributed by atoms with E-state index in [0.717, 1.165) is 19.5 Å². The van der Waals surface area contributed by atoms with E-state index >= 15 is 0 Å². The highest BCUT2D eigenvalue weighted by molar-refractivity contribution is 5.75. The fourth-order valence-corrected chi connectivity index (χ4v) is 2.51. The minimum atomic E-state index is -0.659. The van der Waals surface area contributed by atoms with Gasteiger partial charge in [-0.1, -0.05) is 27.2 Å². The minimum Gasteiger partial charge on any atom is -0.481 e. The molecule has 1 fully saturated rings. The maximum atomic E-state index is 11.6. The first-order chi connectivity index (χ1) is 8.54. The average molecular weight is 257 g/mol. The number of carboxylic acid groups (broad SMARTS) is 1. The summed E-state index contributed by atoms with van der Waals surface area (Å²) < 4.78 is 5.31. The molecule has 4 nitrogen and oxygen atoms in total. The summed E-state index contributed by atoms with van der Waals surface area (Å²) in [5.41, 5.74) is -0.596. The molecule has 1 heterocycles. The fraction of sp³-hybridized carbons (Fsp3) is 0.929. The lowest BCUT2D eigenvalue weighted by atomic mass is 9.79. The molecule has 1 atom stereocenters. The van der Waals surface area contributed by atoms with Crippen molar-refractivity contribution in [2.75, 3.05) is 32.8 Å². The van der Waals surface area contributed by atoms with Crippen molar-refractivity contribution in [3.8, 4) is 0 Å². The molecule has 0 aliphatic carbocycles. The highest BCUT2D eigenvalue weighted by Gasteiger charge is 2.41. The molecule has 0 amide bonds. The molecule has 18 heavy (non-hydrogen) atoms. The van der Waals surface area contributed by atoms with Gasteiger partial charge in [-0.25, -0.2) is 0 Å². The van der Waals surface area contributed by atoms with Crippen molar-refractivity contribution >= 4 is 5.97 Å². The first-order valence-corrected chi connectivity index (χ1v) is 7.07. The van der Waals surface area contributed by atoms with Crippen LogP contribution < -0.4 is 0 Å². The summed E-state index contributed by atoms with van der Waals surface area (Å²) in [5, 5.41) is 9.54. The van der Waals surface area contributed by atoms with E-state index in [1.807, 2.05) is 0 Å². The Bertz CT molecular complexity index is 262. The Kier molecular flexibility index (Phi) is 6.09. The number of ether oxygens (including phenoxy) is 1. The highest BCUT2D eigenvalue weighted by Crippen LogP contribution is 2.32. The standard InChI is InChI=1S/C14H27NO3/c1-4-12(3)10-15(5-2)11-14(13(16)17)6-8-18-9-7-14/h12H,4-11H2,1-3H3,(H,16,17). The Morgan fingerprint density at radius 1 is 1.39 bits per heavy atom. The molecule has 0 radical (unpaired) electrons. The summed E-state index contributed by atoms with van der Waals surface area (Å²) in [5.74, 6) is -0.0379. The number of carbonyl (C=O) groups is 1. The van der Waals surface area contributed by atoms with Crippen LogP contribution in [0.15, 0.2) is 0 Å². The number of hydrogen-bond donors (Lipinski definition) is 1. The highest BCUT2D eigenvalue weighted by atomic mass is 16.5. The molecular weight excluding hydrogens is 230 g/mol. The Morgan fingerprint density at radius 2 is 2.00 bits per heavy atom. The van der Waals surface area contributed by atoms with E-state index in [2.05, 4.69) is 25.7 Å². The van der Waals surface area contributed by atoms with E-state index in [1.165, 1.54) is 0 Å². The predicted octanol–water partition coefficient (Wildman–Crippen LogP) is 2.24. The quantitative estimate of drug-likeness (QED) is 0.760. The third-order valence-electron chi connectivity index (χ3n) is 4.14. The summed E-state index contributed by atoms with van der Waals surface area (Å²) in [6.45, 7) is 10.2. The van der Waals surface area contributed by atoms with Crippen LogP contribution in [0.2, 0.25) is 0 Å². The Balaban J connectivity index is 2.66. The van der Waals surface area contributed by atoms with Crippen LogP contribution in [0.3, 0.4) is 0 Å². The lowest BCUT2D eigenvalue weighted by Crippen LogP contribution is -2.47. The number of aliphatic carboxylic acids is 1. The number of carboxylic acids is 1. The molecule has 0 spiro atoms. The fourth-order valence-electron chi connectivity index (χ4n) is 2.51. The third kappa shape index (κ3) is 3.95. The van der Waals surface area contributed by atoms with Crippen molar-refractivity contribution < 1.29 is 14.6 Å². The van der Waals surface area contributed by atoms with Crippen molar-refractivity contribution in [1.82, 2.24) is 4.90 Å². The summed E-state index contributed by atoms with van der Waals surface area (Å²) >= 11 is 0. The maximum Gasteiger partial charge on any atom is 0.311 e. The van der Waals surface area contributed by atoms with Gasteiger partial charge >= 0.3 is 5.97 Å². The zero-order valence-corrected chi connectivity index (χ0v) is 11.9. The summed E-state index contributed by atoms with van der Waals surface area (Å²) in [7, 11) is 0. The summed E-state index contributed by atoms with van der Waals surface area (Å²) in [4.78, 5) is 13.9. The molecule has 1 aliphatic heterocycles. The topological polar surface area (TPSA) is 49.8 Å². The van der Waals surface area contributed by atoms with Gasteiger partial charge in [-0.3, -0.25) is 4.79 Å². The second-order valence-electron chi connectivity index (χ2n) is 5.54. The first kappa shape index (κ1) is 15.4. The van der Waals surface area contributed by atoms with Crippen LogP contribution in [0.25, 0.3) is 0 Å². The Hall–Kier alpha value is -0.610. The summed E-state index contributed by atoms with van der Waals surface area (Å²) in [6.07, 6.45) is 2.42. The van der Waals surface area contributed by atoms with Gasteiger partial charge in [-0.2, -0.15) is 0 Å². The molecule has 0 aromatic rings. The normalized spacial score (nSPS) is 20.9. The zero-order chi connectivity index (χ0) is 13.6. The Morgan fingerprint density at radius 3 is 2.44 bits per heavy atom. The number of nitrogens with zero attached hydrogens (tertiary/aromatic N) is 1. The lowest BCUT2D eigenvalue weighted by Gasteiger charge is -2.38. The van der Waals surface area contributed by atoms with Crippen LogP contribution in [0.5, 0.6) is 0 Å². The molecule has 1 N–H and O–H groups in total. The van der Waals surface area contributed by atoms with Gasteiger partial charge in [-0.05, 0) is 25.3 Å². The van der Waals surface area contributed by atoms with Crippen LogP contribution in [-0.2, 0) is 9.53 Å². The first-order valence-electron chi connectivity index (χ1n) is 7.07.